The van der Waals surface area contributed by atoms with Crippen LogP contribution in [0.15, 0.2) is 0 Å². The van der Waals surface area contributed by atoms with Crippen LogP contribution in [0.2, 0.25) is 0 Å². The van der Waals surface area contributed by atoms with E-state index in [9.17, 15) is 9.59 Å². The molecule has 62 valence electrons. The second-order valence-corrected chi connectivity index (χ2v) is 2.89. The van der Waals surface area contributed by atoms with Crippen molar-refractivity contribution in [2.45, 2.75) is 31.7 Å². The molecule has 1 heterocycles. The van der Waals surface area contributed by atoms with E-state index in [1.807, 2.05) is 6.92 Å². The summed E-state index contributed by atoms with van der Waals surface area (Å²) in [7, 11) is 0. The molecule has 2 amide bonds. The number of rotatable bonds is 1. The van der Waals surface area contributed by atoms with Crippen LogP contribution in [0.3, 0.4) is 0 Å². The van der Waals surface area contributed by atoms with Gasteiger partial charge in [0.1, 0.15) is 0 Å². The summed E-state index contributed by atoms with van der Waals surface area (Å²) in [5, 5.41) is 2.22. The van der Waals surface area contributed by atoms with Gasteiger partial charge >= 0.3 is 0 Å². The number of carbonyl (C=O) groups excluding carboxylic acids is 2. The quantitative estimate of drug-likeness (QED) is 0.504. The standard InChI is InChI=1S/C7H12N2O2/c1-2-7(8)4-3-5(10)9-6(7)11/h2-4,8H2,1H3,(H,9,10,11)/t7-/m0/s1. The van der Waals surface area contributed by atoms with Crippen LogP contribution in [0.4, 0.5) is 0 Å². The van der Waals surface area contributed by atoms with Crippen molar-refractivity contribution < 1.29 is 9.59 Å². The number of piperidine rings is 1. The van der Waals surface area contributed by atoms with Gasteiger partial charge in [0.25, 0.3) is 0 Å². The highest BCUT2D eigenvalue weighted by Gasteiger charge is 2.37. The lowest BCUT2D eigenvalue weighted by molar-refractivity contribution is -0.137. The Hall–Kier alpha value is -0.900. The fourth-order valence-corrected chi connectivity index (χ4v) is 1.10. The molecule has 0 unspecified atom stereocenters. The van der Waals surface area contributed by atoms with Crippen molar-refractivity contribution in [2.24, 2.45) is 5.73 Å². The Morgan fingerprint density at radius 2 is 2.27 bits per heavy atom. The highest BCUT2D eigenvalue weighted by Crippen LogP contribution is 2.17. The molecule has 0 aromatic heterocycles. The van der Waals surface area contributed by atoms with Crippen molar-refractivity contribution in [2.75, 3.05) is 0 Å². The Balaban J connectivity index is 2.71. The first kappa shape index (κ1) is 8.20. The largest absolute Gasteiger partial charge is 0.317 e. The van der Waals surface area contributed by atoms with Gasteiger partial charge in [-0.15, -0.1) is 0 Å². The minimum Gasteiger partial charge on any atom is -0.317 e. The predicted molar refractivity (Wildman–Crippen MR) is 39.6 cm³/mol. The summed E-state index contributed by atoms with van der Waals surface area (Å²) in [5.74, 6) is -0.555. The van der Waals surface area contributed by atoms with E-state index < -0.39 is 5.54 Å². The zero-order valence-corrected chi connectivity index (χ0v) is 6.52. The molecule has 0 aromatic carbocycles. The van der Waals surface area contributed by atoms with E-state index in [4.69, 9.17) is 5.73 Å². The summed E-state index contributed by atoms with van der Waals surface area (Å²) in [5.41, 5.74) is 4.89. The molecular formula is C7H12N2O2. The summed E-state index contributed by atoms with van der Waals surface area (Å²) in [6.45, 7) is 1.84. The van der Waals surface area contributed by atoms with Gasteiger partial charge in [0.05, 0.1) is 5.54 Å². The number of nitrogens with one attached hydrogen (secondary N) is 1. The molecule has 1 aliphatic rings. The third-order valence-electron chi connectivity index (χ3n) is 2.13. The molecule has 1 rings (SSSR count). The van der Waals surface area contributed by atoms with E-state index in [2.05, 4.69) is 5.32 Å². The molecule has 1 aliphatic heterocycles. The lowest BCUT2D eigenvalue weighted by atomic mass is 9.88. The van der Waals surface area contributed by atoms with Crippen molar-refractivity contribution in [3.8, 4) is 0 Å². The first-order chi connectivity index (χ1) is 5.08. The van der Waals surface area contributed by atoms with E-state index >= 15 is 0 Å². The second kappa shape index (κ2) is 2.62. The van der Waals surface area contributed by atoms with Gasteiger partial charge in [0.15, 0.2) is 0 Å². The summed E-state index contributed by atoms with van der Waals surface area (Å²) in [4.78, 5) is 21.8. The van der Waals surface area contributed by atoms with E-state index in [-0.39, 0.29) is 11.8 Å². The third kappa shape index (κ3) is 1.40. The van der Waals surface area contributed by atoms with Gasteiger partial charge < -0.3 is 5.73 Å². The Morgan fingerprint density at radius 3 is 2.73 bits per heavy atom. The lowest BCUT2D eigenvalue weighted by Crippen LogP contribution is -2.58. The molecule has 11 heavy (non-hydrogen) atoms. The summed E-state index contributed by atoms with van der Waals surface area (Å²) < 4.78 is 0. The summed E-state index contributed by atoms with van der Waals surface area (Å²) in [6, 6.07) is 0. The zero-order chi connectivity index (χ0) is 8.48. The molecular weight excluding hydrogens is 144 g/mol. The van der Waals surface area contributed by atoms with Gasteiger partial charge in [-0.3, -0.25) is 14.9 Å². The van der Waals surface area contributed by atoms with Gasteiger partial charge in [-0.25, -0.2) is 0 Å². The Morgan fingerprint density at radius 1 is 1.64 bits per heavy atom. The molecule has 0 bridgehead atoms. The van der Waals surface area contributed by atoms with Crippen LogP contribution in [0.5, 0.6) is 0 Å². The predicted octanol–water partition coefficient (Wildman–Crippen LogP) is -0.469. The molecule has 0 aromatic rings. The minimum absolute atomic E-state index is 0.218. The highest BCUT2D eigenvalue weighted by atomic mass is 16.2. The van der Waals surface area contributed by atoms with Crippen LogP contribution in [0.1, 0.15) is 26.2 Å². The Kier molecular flexibility index (Phi) is 1.95. The molecule has 0 aliphatic carbocycles. The molecule has 0 saturated carbocycles. The second-order valence-electron chi connectivity index (χ2n) is 2.89. The average molecular weight is 156 g/mol. The van der Waals surface area contributed by atoms with Gasteiger partial charge in [-0.2, -0.15) is 0 Å². The van der Waals surface area contributed by atoms with Gasteiger partial charge in [-0.05, 0) is 12.8 Å². The van der Waals surface area contributed by atoms with Crippen LogP contribution < -0.4 is 11.1 Å². The van der Waals surface area contributed by atoms with Crippen LogP contribution in [0, 0.1) is 0 Å². The maximum Gasteiger partial charge on any atom is 0.246 e. The van der Waals surface area contributed by atoms with Gasteiger partial charge in [0, 0.05) is 6.42 Å². The topological polar surface area (TPSA) is 72.2 Å². The lowest BCUT2D eigenvalue weighted by Gasteiger charge is -2.29. The molecule has 1 saturated heterocycles. The molecule has 4 nitrogen and oxygen atoms in total. The van der Waals surface area contributed by atoms with Crippen molar-refractivity contribution in [3.05, 3.63) is 0 Å². The molecule has 0 spiro atoms. The summed E-state index contributed by atoms with van der Waals surface area (Å²) >= 11 is 0. The van der Waals surface area contributed by atoms with Crippen LogP contribution >= 0.6 is 0 Å². The smallest absolute Gasteiger partial charge is 0.246 e. The van der Waals surface area contributed by atoms with Gasteiger partial charge in [0.2, 0.25) is 11.8 Å². The number of hydrogen-bond acceptors (Lipinski definition) is 3. The summed E-state index contributed by atoms with van der Waals surface area (Å²) in [6.07, 6.45) is 1.40. The van der Waals surface area contributed by atoms with E-state index in [1.54, 1.807) is 0 Å². The monoisotopic (exact) mass is 156 g/mol. The Labute approximate surface area is 65.1 Å². The first-order valence-corrected chi connectivity index (χ1v) is 3.71. The van der Waals surface area contributed by atoms with Crippen LogP contribution in [-0.2, 0) is 9.59 Å². The number of nitrogens with two attached hydrogens (primary N) is 1. The van der Waals surface area contributed by atoms with Crippen LogP contribution in [-0.4, -0.2) is 17.4 Å². The first-order valence-electron chi connectivity index (χ1n) is 3.71. The highest BCUT2D eigenvalue weighted by molar-refractivity contribution is 6.02. The fraction of sp³-hybridized carbons (Fsp3) is 0.714. The maximum atomic E-state index is 11.1. The number of amides is 2. The van der Waals surface area contributed by atoms with E-state index in [0.29, 0.717) is 19.3 Å². The molecule has 3 N–H and O–H groups in total. The van der Waals surface area contributed by atoms with E-state index in [0.717, 1.165) is 0 Å². The van der Waals surface area contributed by atoms with Crippen molar-refractivity contribution in [1.29, 1.82) is 0 Å². The van der Waals surface area contributed by atoms with Crippen molar-refractivity contribution >= 4 is 11.8 Å². The van der Waals surface area contributed by atoms with Crippen molar-refractivity contribution in [3.63, 3.8) is 0 Å². The number of imide groups is 1. The number of hydrogen-bond donors (Lipinski definition) is 2. The van der Waals surface area contributed by atoms with Crippen molar-refractivity contribution in [1.82, 2.24) is 5.32 Å². The molecule has 1 fully saturated rings. The number of carbonyl (C=O) groups is 2. The zero-order valence-electron chi connectivity index (χ0n) is 6.52. The molecule has 4 heteroatoms. The SMILES string of the molecule is CC[C@]1(N)CCC(=O)NC1=O. The average Bonchev–Trinajstić information content (AvgIpc) is 1.98. The van der Waals surface area contributed by atoms with Crippen LogP contribution in [0.25, 0.3) is 0 Å². The van der Waals surface area contributed by atoms with E-state index in [1.165, 1.54) is 0 Å². The Bertz CT molecular complexity index is 203. The minimum atomic E-state index is -0.812. The maximum absolute atomic E-state index is 11.1. The van der Waals surface area contributed by atoms with Gasteiger partial charge in [-0.1, -0.05) is 6.92 Å². The fourth-order valence-electron chi connectivity index (χ4n) is 1.10. The molecule has 0 radical (unpaired) electrons. The third-order valence-corrected chi connectivity index (χ3v) is 2.13. The normalized spacial score (nSPS) is 31.8. The molecule has 1 atom stereocenters.